The molecule has 26 heavy (non-hydrogen) atoms. The smallest absolute Gasteiger partial charge is 0.275 e. The lowest BCUT2D eigenvalue weighted by molar-refractivity contribution is -0.534. The van der Waals surface area contributed by atoms with E-state index in [1.807, 2.05) is 24.3 Å². The van der Waals surface area contributed by atoms with E-state index >= 15 is 0 Å². The fourth-order valence-corrected chi connectivity index (χ4v) is 4.16. The van der Waals surface area contributed by atoms with Crippen LogP contribution in [0.4, 0.5) is 5.69 Å². The molecule has 0 fully saturated rings. The van der Waals surface area contributed by atoms with Crippen LogP contribution in [-0.4, -0.2) is 35.7 Å². The summed E-state index contributed by atoms with van der Waals surface area (Å²) in [5.74, 6) is 2.06. The predicted octanol–water partition coefficient (Wildman–Crippen LogP) is 3.65. The molecular weight excluding hydrogens is 324 g/mol. The lowest BCUT2D eigenvalue weighted by Crippen LogP contribution is -2.47. The van der Waals surface area contributed by atoms with Gasteiger partial charge in [-0.2, -0.15) is 4.90 Å². The van der Waals surface area contributed by atoms with Gasteiger partial charge in [0.15, 0.2) is 6.54 Å². The summed E-state index contributed by atoms with van der Waals surface area (Å²) in [4.78, 5) is 2.14. The van der Waals surface area contributed by atoms with Crippen LogP contribution in [0.15, 0.2) is 48.5 Å². The van der Waals surface area contributed by atoms with Crippen molar-refractivity contribution in [3.05, 3.63) is 59.7 Å². The van der Waals surface area contributed by atoms with Gasteiger partial charge in [-0.15, -0.1) is 0 Å². The lowest BCUT2D eigenvalue weighted by Gasteiger charge is -2.29. The van der Waals surface area contributed by atoms with Crippen molar-refractivity contribution in [3.63, 3.8) is 0 Å². The van der Waals surface area contributed by atoms with E-state index in [2.05, 4.69) is 40.7 Å². The minimum atomic E-state index is -1.05. The number of amidine groups is 1. The van der Waals surface area contributed by atoms with Crippen LogP contribution in [0.1, 0.15) is 36.8 Å². The zero-order valence-corrected chi connectivity index (χ0v) is 15.6. The van der Waals surface area contributed by atoms with Crippen LogP contribution in [0.25, 0.3) is 0 Å². The van der Waals surface area contributed by atoms with Crippen molar-refractivity contribution < 1.29 is 14.4 Å². The molecule has 0 unspecified atom stereocenters. The molecule has 4 rings (SSSR count). The first-order chi connectivity index (χ1) is 12.6. The second-order valence-electron chi connectivity index (χ2n) is 7.36. The van der Waals surface area contributed by atoms with Gasteiger partial charge in [0.05, 0.1) is 13.7 Å². The van der Waals surface area contributed by atoms with E-state index in [-0.39, 0.29) is 0 Å². The molecule has 0 radical (unpaired) electrons. The van der Waals surface area contributed by atoms with Gasteiger partial charge in [-0.3, -0.25) is 4.58 Å². The normalized spacial score (nSPS) is 23.0. The summed E-state index contributed by atoms with van der Waals surface area (Å²) in [6, 6.07) is 16.3. The summed E-state index contributed by atoms with van der Waals surface area (Å²) in [6.45, 7) is 3.69. The van der Waals surface area contributed by atoms with Crippen molar-refractivity contribution >= 4 is 11.5 Å². The largest absolute Gasteiger partial charge is 0.497 e. The molecule has 0 aromatic heterocycles. The molecule has 2 aliphatic heterocycles. The Morgan fingerprint density at radius 3 is 2.42 bits per heavy atom. The van der Waals surface area contributed by atoms with Crippen molar-refractivity contribution in [1.82, 2.24) is 0 Å². The Bertz CT molecular complexity index is 811. The molecule has 0 amide bonds. The zero-order chi connectivity index (χ0) is 18.1. The molecule has 0 bridgehead atoms. The molecule has 2 aromatic carbocycles. The van der Waals surface area contributed by atoms with Gasteiger partial charge in [0.25, 0.3) is 11.6 Å². The van der Waals surface area contributed by atoms with Gasteiger partial charge in [0, 0.05) is 12.0 Å². The molecule has 0 saturated carbocycles. The second kappa shape index (κ2) is 6.76. The van der Waals surface area contributed by atoms with E-state index in [1.54, 1.807) is 7.11 Å². The Labute approximate surface area is 155 Å². The fraction of sp³-hybridized carbons (Fsp3) is 0.409. The van der Waals surface area contributed by atoms with Crippen LogP contribution in [0.3, 0.4) is 0 Å². The highest BCUT2D eigenvalue weighted by Crippen LogP contribution is 2.38. The molecular formula is C22H27N2O2+. The van der Waals surface area contributed by atoms with E-state index in [1.165, 1.54) is 30.7 Å². The number of anilines is 1. The Balaban J connectivity index is 1.81. The van der Waals surface area contributed by atoms with Gasteiger partial charge in [-0.05, 0) is 50.5 Å². The Morgan fingerprint density at radius 2 is 1.73 bits per heavy atom. The monoisotopic (exact) mass is 351 g/mol. The average molecular weight is 351 g/mol. The topological polar surface area (TPSA) is 35.7 Å². The number of hydrogen-bond acceptors (Lipinski definition) is 3. The SMILES string of the molecule is COc1ccc(N2C3=[N+](CCCCC3)C[C@@]2(O)c2ccc(C)cc2)cc1. The maximum atomic E-state index is 11.8. The second-order valence-corrected chi connectivity index (χ2v) is 7.36. The van der Waals surface area contributed by atoms with Crippen LogP contribution < -0.4 is 9.64 Å². The van der Waals surface area contributed by atoms with Crippen LogP contribution in [0, 0.1) is 6.92 Å². The van der Waals surface area contributed by atoms with Gasteiger partial charge < -0.3 is 9.84 Å². The first-order valence-electron chi connectivity index (χ1n) is 9.46. The van der Waals surface area contributed by atoms with E-state index in [9.17, 15) is 5.11 Å². The van der Waals surface area contributed by atoms with Gasteiger partial charge in [-0.25, -0.2) is 0 Å². The highest BCUT2D eigenvalue weighted by Gasteiger charge is 2.53. The third kappa shape index (κ3) is 2.88. The number of benzene rings is 2. The quantitative estimate of drug-likeness (QED) is 0.858. The van der Waals surface area contributed by atoms with Gasteiger partial charge in [0.2, 0.25) is 0 Å². The minimum absolute atomic E-state index is 0.609. The summed E-state index contributed by atoms with van der Waals surface area (Å²) >= 11 is 0. The average Bonchev–Trinajstić information content (AvgIpc) is 2.79. The van der Waals surface area contributed by atoms with Crippen LogP contribution in [-0.2, 0) is 5.72 Å². The first kappa shape index (κ1) is 17.1. The Hall–Kier alpha value is -2.33. The van der Waals surface area contributed by atoms with Gasteiger partial charge in [-0.1, -0.05) is 29.8 Å². The van der Waals surface area contributed by atoms with Crippen molar-refractivity contribution in [2.75, 3.05) is 25.1 Å². The Kier molecular flexibility index (Phi) is 4.45. The summed E-state index contributed by atoms with van der Waals surface area (Å²) in [5, 5.41) is 11.8. The number of methoxy groups -OCH3 is 1. The first-order valence-corrected chi connectivity index (χ1v) is 9.46. The molecule has 2 heterocycles. The maximum Gasteiger partial charge on any atom is 0.275 e. The summed E-state index contributed by atoms with van der Waals surface area (Å²) in [7, 11) is 1.68. The predicted molar refractivity (Wildman–Crippen MR) is 104 cm³/mol. The van der Waals surface area contributed by atoms with Crippen LogP contribution in [0.2, 0.25) is 0 Å². The highest BCUT2D eigenvalue weighted by molar-refractivity contribution is 5.97. The molecule has 4 heteroatoms. The number of nitrogens with zero attached hydrogens (tertiary/aromatic N) is 2. The molecule has 1 atom stereocenters. The summed E-state index contributed by atoms with van der Waals surface area (Å²) in [6.07, 6.45) is 4.60. The van der Waals surface area contributed by atoms with Crippen LogP contribution in [0.5, 0.6) is 5.75 Å². The summed E-state index contributed by atoms with van der Waals surface area (Å²) in [5.41, 5.74) is 2.11. The molecule has 0 aliphatic carbocycles. The zero-order valence-electron chi connectivity index (χ0n) is 15.6. The number of hydrogen-bond donors (Lipinski definition) is 1. The molecule has 0 saturated heterocycles. The van der Waals surface area contributed by atoms with Crippen molar-refractivity contribution in [1.29, 1.82) is 0 Å². The van der Waals surface area contributed by atoms with Crippen molar-refractivity contribution in [2.45, 2.75) is 38.3 Å². The highest BCUT2D eigenvalue weighted by atomic mass is 16.5. The standard InChI is InChI=1S/C22H27N2O2/c1-17-7-9-18(10-8-17)22(25)16-23-15-5-3-4-6-21(23)24(22)19-11-13-20(26-2)14-12-19/h7-14,25H,3-6,15-16H2,1-2H3/q+1/t22-/m1/s1. The van der Waals surface area contributed by atoms with Crippen molar-refractivity contribution in [3.8, 4) is 5.75 Å². The van der Waals surface area contributed by atoms with Crippen molar-refractivity contribution in [2.24, 2.45) is 0 Å². The van der Waals surface area contributed by atoms with E-state index in [0.29, 0.717) is 6.54 Å². The van der Waals surface area contributed by atoms with Gasteiger partial charge in [0.1, 0.15) is 11.4 Å². The summed E-state index contributed by atoms with van der Waals surface area (Å²) < 4.78 is 7.68. The molecule has 1 N–H and O–H groups in total. The lowest BCUT2D eigenvalue weighted by atomic mass is 9.99. The Morgan fingerprint density at radius 1 is 1.00 bits per heavy atom. The fourth-order valence-electron chi connectivity index (χ4n) is 4.16. The number of ether oxygens (including phenoxy) is 1. The molecule has 4 nitrogen and oxygen atoms in total. The number of aliphatic hydroxyl groups is 1. The third-order valence-corrected chi connectivity index (χ3v) is 5.58. The van der Waals surface area contributed by atoms with E-state index in [4.69, 9.17) is 4.74 Å². The third-order valence-electron chi connectivity index (χ3n) is 5.58. The molecule has 136 valence electrons. The molecule has 2 aliphatic rings. The van der Waals surface area contributed by atoms with E-state index < -0.39 is 5.72 Å². The number of aryl methyl sites for hydroxylation is 1. The van der Waals surface area contributed by atoms with E-state index in [0.717, 1.165) is 30.0 Å². The van der Waals surface area contributed by atoms with Gasteiger partial charge >= 0.3 is 0 Å². The number of rotatable bonds is 3. The molecule has 0 spiro atoms. The minimum Gasteiger partial charge on any atom is -0.497 e. The maximum absolute atomic E-state index is 11.8. The molecule has 2 aromatic rings. The van der Waals surface area contributed by atoms with Crippen LogP contribution >= 0.6 is 0 Å².